The molecule has 0 bridgehead atoms. The highest BCUT2D eigenvalue weighted by Gasteiger charge is 2.00. The number of rotatable bonds is 3. The molecule has 0 saturated carbocycles. The van der Waals surface area contributed by atoms with Gasteiger partial charge in [-0.2, -0.15) is 5.10 Å². The number of hydrogen-bond acceptors (Lipinski definition) is 4. The first-order valence-corrected chi connectivity index (χ1v) is 4.54. The molecule has 0 aromatic carbocycles. The van der Waals surface area contributed by atoms with Gasteiger partial charge in [-0.05, 0) is 6.07 Å². The van der Waals surface area contributed by atoms with Crippen LogP contribution >= 0.6 is 0 Å². The smallest absolute Gasteiger partial charge is 0.239 e. The molecule has 78 valence electrons. The molecule has 0 aliphatic carbocycles. The van der Waals surface area contributed by atoms with E-state index < -0.39 is 0 Å². The molecule has 15 heavy (non-hydrogen) atoms. The van der Waals surface area contributed by atoms with E-state index in [9.17, 15) is 4.79 Å². The Hall–Kier alpha value is -2.11. The van der Waals surface area contributed by atoms with Gasteiger partial charge < -0.3 is 10.6 Å². The zero-order chi connectivity index (χ0) is 10.7. The molecule has 2 aromatic heterocycles. The highest BCUT2D eigenvalue weighted by molar-refractivity contribution is 5.80. The van der Waals surface area contributed by atoms with Crippen molar-refractivity contribution < 1.29 is 4.79 Å². The van der Waals surface area contributed by atoms with E-state index in [4.69, 9.17) is 0 Å². The lowest BCUT2D eigenvalue weighted by molar-refractivity contribution is -0.118. The van der Waals surface area contributed by atoms with Gasteiger partial charge in [0.1, 0.15) is 5.82 Å². The minimum atomic E-state index is -0.0785. The Morgan fingerprint density at radius 1 is 1.53 bits per heavy atom. The second-order valence-corrected chi connectivity index (χ2v) is 2.97. The highest BCUT2D eigenvalue weighted by Crippen LogP contribution is 2.04. The quantitative estimate of drug-likeness (QED) is 0.733. The van der Waals surface area contributed by atoms with Gasteiger partial charge in [0.25, 0.3) is 0 Å². The van der Waals surface area contributed by atoms with E-state index in [-0.39, 0.29) is 12.5 Å². The first-order chi connectivity index (χ1) is 7.29. The average molecular weight is 205 g/mol. The fourth-order valence-corrected chi connectivity index (χ4v) is 1.17. The molecule has 2 N–H and O–H groups in total. The number of likely N-dealkylation sites (N-methyl/N-ethyl adjacent to an activating group) is 1. The summed E-state index contributed by atoms with van der Waals surface area (Å²) in [4.78, 5) is 15.2. The van der Waals surface area contributed by atoms with Crippen LogP contribution in [0.4, 0.5) is 5.82 Å². The van der Waals surface area contributed by atoms with Crippen LogP contribution in [0.1, 0.15) is 0 Å². The topological polar surface area (TPSA) is 71.3 Å². The Morgan fingerprint density at radius 3 is 3.20 bits per heavy atom. The second kappa shape index (κ2) is 3.95. The maximum absolute atomic E-state index is 11.0. The van der Waals surface area contributed by atoms with E-state index in [1.165, 1.54) is 0 Å². The monoisotopic (exact) mass is 205 g/mol. The van der Waals surface area contributed by atoms with Gasteiger partial charge in [0.05, 0.1) is 12.7 Å². The van der Waals surface area contributed by atoms with Crippen LogP contribution in [0.25, 0.3) is 5.65 Å². The molecule has 1 amide bonds. The summed E-state index contributed by atoms with van der Waals surface area (Å²) in [5.41, 5.74) is 0.747. The summed E-state index contributed by atoms with van der Waals surface area (Å²) in [6, 6.07) is 3.56. The third-order valence-electron chi connectivity index (χ3n) is 1.97. The lowest BCUT2D eigenvalue weighted by Gasteiger charge is -2.04. The Labute approximate surface area is 86.3 Å². The first kappa shape index (κ1) is 9.45. The molecule has 2 heterocycles. The summed E-state index contributed by atoms with van der Waals surface area (Å²) in [6.45, 7) is 0.216. The summed E-state index contributed by atoms with van der Waals surface area (Å²) in [5, 5.41) is 9.45. The standard InChI is InChI=1S/C9H11N5O/c1-10-9(15)6-11-7-3-5-14-8(13-7)2-4-12-14/h2-5H,6H2,1H3,(H,10,15)(H,11,13). The Morgan fingerprint density at radius 2 is 2.40 bits per heavy atom. The normalized spacial score (nSPS) is 10.2. The van der Waals surface area contributed by atoms with E-state index in [1.54, 1.807) is 36.1 Å². The van der Waals surface area contributed by atoms with Crippen molar-refractivity contribution in [1.29, 1.82) is 0 Å². The zero-order valence-electron chi connectivity index (χ0n) is 8.27. The van der Waals surface area contributed by atoms with E-state index in [0.717, 1.165) is 5.65 Å². The van der Waals surface area contributed by atoms with Gasteiger partial charge >= 0.3 is 0 Å². The van der Waals surface area contributed by atoms with Crippen LogP contribution in [0.15, 0.2) is 24.5 Å². The van der Waals surface area contributed by atoms with Crippen molar-refractivity contribution in [3.8, 4) is 0 Å². The van der Waals surface area contributed by atoms with E-state index in [2.05, 4.69) is 20.7 Å². The molecule has 0 fully saturated rings. The number of fused-ring (bicyclic) bond motifs is 1. The summed E-state index contributed by atoms with van der Waals surface area (Å²) >= 11 is 0. The third kappa shape index (κ3) is 2.04. The van der Waals surface area contributed by atoms with Gasteiger partial charge in [-0.1, -0.05) is 0 Å². The van der Waals surface area contributed by atoms with Gasteiger partial charge in [0.15, 0.2) is 5.65 Å². The van der Waals surface area contributed by atoms with Gasteiger partial charge in [-0.25, -0.2) is 9.50 Å². The van der Waals surface area contributed by atoms with Gasteiger partial charge in [-0.3, -0.25) is 4.79 Å². The number of carbonyl (C=O) groups excluding carboxylic acids is 1. The Kier molecular flexibility index (Phi) is 2.49. The van der Waals surface area contributed by atoms with Crippen LogP contribution < -0.4 is 10.6 Å². The summed E-state index contributed by atoms with van der Waals surface area (Å²) in [5.74, 6) is 0.580. The minimum Gasteiger partial charge on any atom is -0.361 e. The van der Waals surface area contributed by atoms with Crippen molar-refractivity contribution in [3.63, 3.8) is 0 Å². The number of carbonyl (C=O) groups is 1. The van der Waals surface area contributed by atoms with Crippen molar-refractivity contribution in [3.05, 3.63) is 24.5 Å². The molecule has 0 aliphatic rings. The molecule has 0 spiro atoms. The molecule has 0 saturated heterocycles. The van der Waals surface area contributed by atoms with Crippen LogP contribution in [0.5, 0.6) is 0 Å². The Balaban J connectivity index is 2.11. The summed E-state index contributed by atoms with van der Waals surface area (Å²) in [6.07, 6.45) is 3.46. The predicted molar refractivity (Wildman–Crippen MR) is 55.5 cm³/mol. The lowest BCUT2D eigenvalue weighted by atomic mass is 10.5. The molecule has 0 atom stereocenters. The first-order valence-electron chi connectivity index (χ1n) is 4.54. The van der Waals surface area contributed by atoms with Gasteiger partial charge in [0.2, 0.25) is 5.91 Å². The predicted octanol–water partition coefficient (Wildman–Crippen LogP) is -0.113. The van der Waals surface area contributed by atoms with Crippen LogP contribution in [0.3, 0.4) is 0 Å². The van der Waals surface area contributed by atoms with Crippen molar-refractivity contribution >= 4 is 17.4 Å². The molecule has 0 aliphatic heterocycles. The second-order valence-electron chi connectivity index (χ2n) is 2.97. The maximum atomic E-state index is 11.0. The van der Waals surface area contributed by atoms with Crippen molar-refractivity contribution in [2.45, 2.75) is 0 Å². The van der Waals surface area contributed by atoms with Crippen molar-refractivity contribution in [2.75, 3.05) is 18.9 Å². The molecule has 2 aromatic rings. The number of aromatic nitrogens is 3. The number of amides is 1. The number of nitrogens with zero attached hydrogens (tertiary/aromatic N) is 3. The maximum Gasteiger partial charge on any atom is 0.239 e. The molecule has 6 heteroatoms. The molecular formula is C9H11N5O. The number of hydrogen-bond donors (Lipinski definition) is 2. The lowest BCUT2D eigenvalue weighted by Crippen LogP contribution is -2.26. The number of anilines is 1. The largest absolute Gasteiger partial charge is 0.361 e. The molecule has 2 rings (SSSR count). The third-order valence-corrected chi connectivity index (χ3v) is 1.97. The SMILES string of the molecule is CNC(=O)CNc1ccn2nccc2n1. The molecule has 0 unspecified atom stereocenters. The summed E-state index contributed by atoms with van der Waals surface area (Å²) in [7, 11) is 1.59. The molecule has 0 radical (unpaired) electrons. The Bertz CT molecular complexity index is 478. The van der Waals surface area contributed by atoms with E-state index in [1.807, 2.05) is 0 Å². The minimum absolute atomic E-state index is 0.0785. The van der Waals surface area contributed by atoms with Crippen molar-refractivity contribution in [2.24, 2.45) is 0 Å². The van der Waals surface area contributed by atoms with Crippen LogP contribution in [-0.2, 0) is 4.79 Å². The van der Waals surface area contributed by atoms with Gasteiger partial charge in [0, 0.05) is 19.3 Å². The van der Waals surface area contributed by atoms with Crippen LogP contribution in [0.2, 0.25) is 0 Å². The highest BCUT2D eigenvalue weighted by atomic mass is 16.1. The number of nitrogens with one attached hydrogen (secondary N) is 2. The van der Waals surface area contributed by atoms with E-state index >= 15 is 0 Å². The molecule has 6 nitrogen and oxygen atoms in total. The zero-order valence-corrected chi connectivity index (χ0v) is 8.27. The summed E-state index contributed by atoms with van der Waals surface area (Å²) < 4.78 is 1.66. The van der Waals surface area contributed by atoms with Crippen LogP contribution in [-0.4, -0.2) is 34.1 Å². The molecular weight excluding hydrogens is 194 g/mol. The van der Waals surface area contributed by atoms with Gasteiger partial charge in [-0.15, -0.1) is 0 Å². The van der Waals surface area contributed by atoms with E-state index in [0.29, 0.717) is 5.82 Å². The fraction of sp³-hybridized carbons (Fsp3) is 0.222. The van der Waals surface area contributed by atoms with Crippen LogP contribution in [0, 0.1) is 0 Å². The average Bonchev–Trinajstić information content (AvgIpc) is 2.72. The van der Waals surface area contributed by atoms with Crippen molar-refractivity contribution in [1.82, 2.24) is 19.9 Å². The fourth-order valence-electron chi connectivity index (χ4n) is 1.17.